The molecule has 0 radical (unpaired) electrons. The summed E-state index contributed by atoms with van der Waals surface area (Å²) in [4.78, 5) is 29.4. The van der Waals surface area contributed by atoms with Crippen LogP contribution in [0.5, 0.6) is 0 Å². The van der Waals surface area contributed by atoms with Crippen LogP contribution in [0.3, 0.4) is 0 Å². The van der Waals surface area contributed by atoms with Crippen molar-refractivity contribution in [2.24, 2.45) is 5.92 Å². The summed E-state index contributed by atoms with van der Waals surface area (Å²) in [5.74, 6) is 0.809. The van der Waals surface area contributed by atoms with Crippen LogP contribution in [0.4, 0.5) is 4.39 Å². The SMILES string of the molecule is O=C(CCSc1ccccc1F)N1CCC(C(=O)N2CCCCC2)CC1. The van der Waals surface area contributed by atoms with Gasteiger partial charge in [-0.15, -0.1) is 11.8 Å². The Labute approximate surface area is 159 Å². The van der Waals surface area contributed by atoms with Crippen molar-refractivity contribution in [3.05, 3.63) is 30.1 Å². The van der Waals surface area contributed by atoms with Crippen molar-refractivity contribution in [3.63, 3.8) is 0 Å². The fraction of sp³-hybridized carbons (Fsp3) is 0.600. The van der Waals surface area contributed by atoms with Gasteiger partial charge in [0.2, 0.25) is 11.8 Å². The molecule has 2 aliphatic rings. The van der Waals surface area contributed by atoms with E-state index in [1.54, 1.807) is 18.2 Å². The van der Waals surface area contributed by atoms with Crippen LogP contribution in [-0.4, -0.2) is 53.5 Å². The van der Waals surface area contributed by atoms with Crippen LogP contribution in [0.15, 0.2) is 29.2 Å². The van der Waals surface area contributed by atoms with E-state index in [4.69, 9.17) is 0 Å². The molecule has 0 unspecified atom stereocenters. The number of likely N-dealkylation sites (tertiary alicyclic amines) is 2. The van der Waals surface area contributed by atoms with Gasteiger partial charge in [0.05, 0.1) is 0 Å². The van der Waals surface area contributed by atoms with Gasteiger partial charge in [-0.05, 0) is 44.2 Å². The Morgan fingerprint density at radius 3 is 2.38 bits per heavy atom. The summed E-state index contributed by atoms with van der Waals surface area (Å²) in [6, 6.07) is 6.65. The maximum Gasteiger partial charge on any atom is 0.225 e. The van der Waals surface area contributed by atoms with Gasteiger partial charge in [0.1, 0.15) is 5.82 Å². The average Bonchev–Trinajstić information content (AvgIpc) is 2.69. The third kappa shape index (κ3) is 5.00. The summed E-state index contributed by atoms with van der Waals surface area (Å²) in [5.41, 5.74) is 0. The molecule has 0 saturated carbocycles. The van der Waals surface area contributed by atoms with E-state index in [0.29, 0.717) is 30.2 Å². The minimum Gasteiger partial charge on any atom is -0.343 e. The second-order valence-corrected chi connectivity index (χ2v) is 8.21. The minimum absolute atomic E-state index is 0.0740. The molecule has 2 heterocycles. The third-order valence-electron chi connectivity index (χ3n) is 5.27. The molecule has 26 heavy (non-hydrogen) atoms. The highest BCUT2D eigenvalue weighted by Crippen LogP contribution is 2.24. The van der Waals surface area contributed by atoms with E-state index in [9.17, 15) is 14.0 Å². The molecule has 2 amide bonds. The van der Waals surface area contributed by atoms with Crippen molar-refractivity contribution in [2.45, 2.75) is 43.4 Å². The van der Waals surface area contributed by atoms with Gasteiger partial charge in [-0.2, -0.15) is 0 Å². The summed E-state index contributed by atoms with van der Waals surface area (Å²) in [5, 5.41) is 0. The zero-order valence-corrected chi connectivity index (χ0v) is 16.0. The maximum absolute atomic E-state index is 13.6. The number of hydrogen-bond donors (Lipinski definition) is 0. The standard InChI is InChI=1S/C20H27FN2O2S/c21-17-6-2-3-7-18(17)26-15-10-19(24)22-13-8-16(9-14-22)20(25)23-11-4-1-5-12-23/h2-3,6-7,16H,1,4-5,8-15H2. The van der Waals surface area contributed by atoms with Crippen LogP contribution >= 0.6 is 11.8 Å². The summed E-state index contributed by atoms with van der Waals surface area (Å²) in [6.45, 7) is 3.11. The number of benzene rings is 1. The second-order valence-electron chi connectivity index (χ2n) is 7.07. The lowest BCUT2D eigenvalue weighted by Crippen LogP contribution is -2.45. The van der Waals surface area contributed by atoms with Crippen LogP contribution in [0, 0.1) is 11.7 Å². The molecule has 2 aliphatic heterocycles. The number of carbonyl (C=O) groups excluding carboxylic acids is 2. The summed E-state index contributed by atoms with van der Waals surface area (Å²) in [7, 11) is 0. The fourth-order valence-corrected chi connectivity index (χ4v) is 4.59. The van der Waals surface area contributed by atoms with E-state index >= 15 is 0 Å². The number of hydrogen-bond acceptors (Lipinski definition) is 3. The van der Waals surface area contributed by atoms with Crippen molar-refractivity contribution >= 4 is 23.6 Å². The van der Waals surface area contributed by atoms with Gasteiger partial charge in [-0.1, -0.05) is 12.1 Å². The molecular formula is C20H27FN2O2S. The van der Waals surface area contributed by atoms with E-state index in [1.807, 2.05) is 9.80 Å². The molecule has 4 nitrogen and oxygen atoms in total. The molecule has 0 atom stereocenters. The van der Waals surface area contributed by atoms with Crippen molar-refractivity contribution in [1.29, 1.82) is 0 Å². The van der Waals surface area contributed by atoms with Crippen LogP contribution in [0.2, 0.25) is 0 Å². The predicted octanol–water partition coefficient (Wildman–Crippen LogP) is 3.56. The highest BCUT2D eigenvalue weighted by molar-refractivity contribution is 7.99. The number of thioether (sulfide) groups is 1. The van der Waals surface area contributed by atoms with Crippen molar-refractivity contribution in [1.82, 2.24) is 9.80 Å². The van der Waals surface area contributed by atoms with Gasteiger partial charge in [-0.3, -0.25) is 9.59 Å². The van der Waals surface area contributed by atoms with E-state index in [2.05, 4.69) is 0 Å². The van der Waals surface area contributed by atoms with Crippen LogP contribution < -0.4 is 0 Å². The lowest BCUT2D eigenvalue weighted by Gasteiger charge is -2.35. The molecule has 0 bridgehead atoms. The van der Waals surface area contributed by atoms with E-state index in [1.165, 1.54) is 24.2 Å². The lowest BCUT2D eigenvalue weighted by molar-refractivity contribution is -0.141. The topological polar surface area (TPSA) is 40.6 Å². The highest BCUT2D eigenvalue weighted by Gasteiger charge is 2.30. The Hall–Kier alpha value is -1.56. The fourth-order valence-electron chi connectivity index (χ4n) is 3.72. The molecule has 1 aromatic rings. The second kappa shape index (κ2) is 9.40. The minimum atomic E-state index is -0.234. The Balaban J connectivity index is 1.39. The zero-order chi connectivity index (χ0) is 18.4. The lowest BCUT2D eigenvalue weighted by atomic mass is 9.94. The van der Waals surface area contributed by atoms with E-state index in [-0.39, 0.29) is 23.5 Å². The predicted molar refractivity (Wildman–Crippen MR) is 101 cm³/mol. The van der Waals surface area contributed by atoms with Crippen LogP contribution in [0.1, 0.15) is 38.5 Å². The first-order chi connectivity index (χ1) is 12.6. The molecule has 2 fully saturated rings. The van der Waals surface area contributed by atoms with Crippen molar-refractivity contribution in [2.75, 3.05) is 31.9 Å². The maximum atomic E-state index is 13.6. The van der Waals surface area contributed by atoms with Crippen molar-refractivity contribution < 1.29 is 14.0 Å². The van der Waals surface area contributed by atoms with E-state index < -0.39 is 0 Å². The average molecular weight is 379 g/mol. The molecule has 3 rings (SSSR count). The van der Waals surface area contributed by atoms with Crippen LogP contribution in [0.25, 0.3) is 0 Å². The van der Waals surface area contributed by atoms with Gasteiger partial charge >= 0.3 is 0 Å². The molecule has 0 aliphatic carbocycles. The number of amides is 2. The largest absolute Gasteiger partial charge is 0.343 e. The van der Waals surface area contributed by atoms with Gasteiger partial charge in [0, 0.05) is 49.2 Å². The van der Waals surface area contributed by atoms with E-state index in [0.717, 1.165) is 38.8 Å². The van der Waals surface area contributed by atoms with Gasteiger partial charge in [-0.25, -0.2) is 4.39 Å². The van der Waals surface area contributed by atoms with Crippen molar-refractivity contribution in [3.8, 4) is 0 Å². The summed E-state index contributed by atoms with van der Waals surface area (Å²) >= 11 is 1.38. The molecule has 2 saturated heterocycles. The molecule has 142 valence electrons. The van der Waals surface area contributed by atoms with Gasteiger partial charge in [0.25, 0.3) is 0 Å². The number of halogens is 1. The Bertz CT molecular complexity index is 626. The number of carbonyl (C=O) groups is 2. The number of piperidine rings is 2. The van der Waals surface area contributed by atoms with Gasteiger partial charge in [0.15, 0.2) is 0 Å². The normalized spacial score (nSPS) is 18.8. The molecule has 1 aromatic carbocycles. The smallest absolute Gasteiger partial charge is 0.225 e. The van der Waals surface area contributed by atoms with Crippen LogP contribution in [-0.2, 0) is 9.59 Å². The first-order valence-corrected chi connectivity index (χ1v) is 10.6. The number of rotatable bonds is 5. The van der Waals surface area contributed by atoms with Gasteiger partial charge < -0.3 is 9.80 Å². The first-order valence-electron chi connectivity index (χ1n) is 9.59. The monoisotopic (exact) mass is 378 g/mol. The highest BCUT2D eigenvalue weighted by atomic mass is 32.2. The summed E-state index contributed by atoms with van der Waals surface area (Å²) < 4.78 is 13.6. The third-order valence-corrected chi connectivity index (χ3v) is 6.33. The first kappa shape index (κ1) is 19.2. The molecule has 0 aromatic heterocycles. The molecule has 0 spiro atoms. The zero-order valence-electron chi connectivity index (χ0n) is 15.2. The molecule has 6 heteroatoms. The quantitative estimate of drug-likeness (QED) is 0.736. The molecular weight excluding hydrogens is 351 g/mol. The number of nitrogens with zero attached hydrogens (tertiary/aromatic N) is 2. The Kier molecular flexibility index (Phi) is 6.94. The summed E-state index contributed by atoms with van der Waals surface area (Å²) in [6.07, 6.45) is 5.39. The molecule has 0 N–H and O–H groups in total. The Morgan fingerprint density at radius 2 is 1.69 bits per heavy atom. The Morgan fingerprint density at radius 1 is 1.00 bits per heavy atom.